The molecule has 0 aliphatic carbocycles. The van der Waals surface area contributed by atoms with Crippen molar-refractivity contribution in [3.8, 4) is 22.6 Å². The van der Waals surface area contributed by atoms with Gasteiger partial charge in [0, 0.05) is 103 Å². The second-order valence-electron chi connectivity index (χ2n) is 21.7. The van der Waals surface area contributed by atoms with Gasteiger partial charge in [0.1, 0.15) is 39.3 Å². The standard InChI is InChI=1S/C33H43N5O4S.C23H29BrN2O4S/c1-21-20-38(43(41)33(3,4)5)27-18-24(23-8-11-30(34-19-23)37-14-12-36(6)13-15-37)17-26(31(21)27)28(39)10-9-25-29(42-7)16-22(2)35-32(25)40;1-13-12-26(31(29)23(3,4)5)18-11-15(24)10-17(21(13)18)19(27)8-7-16-20(30-6)9-14(2)25-22(16)28/h8,11,16-19,21H,9-10,12-15,20H2,1-7H3,(H,35,40);9-11,13H,7-8,12H2,1-6H3,(H,25,28)/t21-,43?;/m0./s1. The van der Waals surface area contributed by atoms with Gasteiger partial charge in [0.2, 0.25) is 0 Å². The molecule has 1 saturated heterocycles. The third-order valence-electron chi connectivity index (χ3n) is 13.7. The Bertz CT molecular complexity index is 3100. The first-order valence-electron chi connectivity index (χ1n) is 25.2. The number of Topliss-reactive ketones (excluding diaryl/α,β-unsaturated/α-hetero) is 2. The van der Waals surface area contributed by atoms with Crippen LogP contribution in [0.15, 0.2) is 68.8 Å². The van der Waals surface area contributed by atoms with E-state index in [1.807, 2.05) is 80.6 Å². The molecule has 3 unspecified atom stereocenters. The van der Waals surface area contributed by atoms with Crippen molar-refractivity contribution in [2.45, 2.75) is 116 Å². The third kappa shape index (κ3) is 12.3. The zero-order valence-electron chi connectivity index (χ0n) is 45.1. The number of aryl methyl sites for hydroxylation is 2. The van der Waals surface area contributed by atoms with Crippen LogP contribution in [0.25, 0.3) is 11.1 Å². The molecule has 3 aliphatic heterocycles. The van der Waals surface area contributed by atoms with E-state index in [0.717, 1.165) is 70.1 Å². The Kier molecular flexibility index (Phi) is 17.4. The number of aromatic nitrogens is 3. The van der Waals surface area contributed by atoms with Gasteiger partial charge in [-0.2, -0.15) is 0 Å². The molecule has 5 aromatic rings. The number of aromatic amines is 2. The lowest BCUT2D eigenvalue weighted by Crippen LogP contribution is -2.44. The molecule has 2 N–H and O–H groups in total. The van der Waals surface area contributed by atoms with E-state index in [1.165, 1.54) is 14.2 Å². The molecule has 0 amide bonds. The Labute approximate surface area is 449 Å². The smallest absolute Gasteiger partial charge is 0.255 e. The van der Waals surface area contributed by atoms with Gasteiger partial charge in [-0.15, -0.1) is 0 Å². The average Bonchev–Trinajstić information content (AvgIpc) is 3.86. The highest BCUT2D eigenvalue weighted by Gasteiger charge is 2.39. The predicted molar refractivity (Wildman–Crippen MR) is 303 cm³/mol. The first-order valence-corrected chi connectivity index (χ1v) is 28.2. The molecular weight excluding hydrogens is 1040 g/mol. The Balaban J connectivity index is 0.000000228. The Morgan fingerprint density at radius 1 is 0.689 bits per heavy atom. The second kappa shape index (κ2) is 22.8. The van der Waals surface area contributed by atoms with Crippen LogP contribution in [0, 0.1) is 13.8 Å². The number of hydrogen-bond donors (Lipinski definition) is 2. The lowest BCUT2D eigenvalue weighted by molar-refractivity contribution is 0.0973. The number of halogens is 1. The van der Waals surface area contributed by atoms with E-state index in [-0.39, 0.29) is 60.2 Å². The van der Waals surface area contributed by atoms with Gasteiger partial charge in [0.05, 0.1) is 46.2 Å². The highest BCUT2D eigenvalue weighted by molar-refractivity contribution is 9.10. The molecule has 8 rings (SSSR count). The van der Waals surface area contributed by atoms with Crippen molar-refractivity contribution in [2.75, 3.05) is 74.0 Å². The number of H-pyrrole nitrogens is 2. The van der Waals surface area contributed by atoms with Gasteiger partial charge in [0.25, 0.3) is 11.1 Å². The van der Waals surface area contributed by atoms with Crippen molar-refractivity contribution in [3.05, 3.63) is 125 Å². The summed E-state index contributed by atoms with van der Waals surface area (Å²) in [6, 6.07) is 15.4. The number of benzene rings is 2. The number of ketones is 2. The molecule has 398 valence electrons. The van der Waals surface area contributed by atoms with Gasteiger partial charge in [-0.25, -0.2) is 13.4 Å². The minimum absolute atomic E-state index is 0.0179. The number of piperazine rings is 1. The summed E-state index contributed by atoms with van der Waals surface area (Å²) in [5, 5.41) is 0. The Morgan fingerprint density at radius 2 is 1.15 bits per heavy atom. The predicted octanol–water partition coefficient (Wildman–Crippen LogP) is 9.36. The van der Waals surface area contributed by atoms with Gasteiger partial charge in [-0.3, -0.25) is 27.8 Å². The lowest BCUT2D eigenvalue weighted by atomic mass is 9.89. The molecule has 4 atom stereocenters. The Hall–Kier alpha value is -5.43. The monoisotopic (exact) mass is 1110 g/mol. The van der Waals surface area contributed by atoms with Crippen LogP contribution in [0.4, 0.5) is 17.2 Å². The van der Waals surface area contributed by atoms with Crippen molar-refractivity contribution < 1.29 is 27.5 Å². The summed E-state index contributed by atoms with van der Waals surface area (Å²) < 4.78 is 41.3. The molecule has 0 radical (unpaired) electrons. The number of nitrogens with one attached hydrogen (secondary N) is 2. The SMILES string of the molecule is COc1cc(C)[nH]c(=O)c1CCC(=O)c1cc(-c2ccc(N3CCN(C)CC3)nc2)cc2c1[C@@H](C)CN2S(=O)C(C)(C)C.COc1cc(C)[nH]c(=O)c1CCC(=O)c1cc(Br)cc2c1C(C)CN2S(=O)C(C)(C)C. The number of nitrogens with zero attached hydrogens (tertiary/aromatic N) is 5. The van der Waals surface area contributed by atoms with Crippen molar-refractivity contribution in [1.29, 1.82) is 0 Å². The number of carbonyl (C=O) groups is 2. The fourth-order valence-corrected chi connectivity index (χ4v) is 13.1. The van der Waals surface area contributed by atoms with Crippen LogP contribution in [-0.2, 0) is 34.8 Å². The van der Waals surface area contributed by atoms with E-state index < -0.39 is 31.5 Å². The number of pyridine rings is 3. The van der Waals surface area contributed by atoms with Gasteiger partial charge in [-0.1, -0.05) is 29.8 Å². The summed E-state index contributed by atoms with van der Waals surface area (Å²) in [4.78, 5) is 67.3. The second-order valence-corrected chi connectivity index (χ2v) is 26.9. The topological polar surface area (TPSA) is 178 Å². The summed E-state index contributed by atoms with van der Waals surface area (Å²) in [7, 11) is 2.66. The number of rotatable bonds is 14. The molecule has 6 heterocycles. The van der Waals surface area contributed by atoms with Gasteiger partial charge in [0.15, 0.2) is 11.6 Å². The van der Waals surface area contributed by atoms with E-state index in [9.17, 15) is 27.6 Å². The van der Waals surface area contributed by atoms with Gasteiger partial charge >= 0.3 is 0 Å². The van der Waals surface area contributed by atoms with E-state index in [4.69, 9.17) is 14.5 Å². The van der Waals surface area contributed by atoms with Crippen LogP contribution in [0.5, 0.6) is 11.5 Å². The number of anilines is 3. The minimum Gasteiger partial charge on any atom is -0.496 e. The first-order chi connectivity index (χ1) is 34.8. The maximum atomic E-state index is 14.0. The highest BCUT2D eigenvalue weighted by atomic mass is 79.9. The normalized spacial score (nSPS) is 17.6. The van der Waals surface area contributed by atoms with Crippen LogP contribution >= 0.6 is 15.9 Å². The van der Waals surface area contributed by atoms with Crippen LogP contribution in [0.1, 0.15) is 134 Å². The first kappa shape index (κ1) is 56.3. The zero-order chi connectivity index (χ0) is 54.1. The molecule has 15 nitrogen and oxygen atoms in total. The number of likely N-dealkylation sites (N-methyl/N-ethyl adjacent to an activating group) is 1. The summed E-state index contributed by atoms with van der Waals surface area (Å²) in [5.74, 6) is 1.91. The summed E-state index contributed by atoms with van der Waals surface area (Å²) in [6.45, 7) is 24.5. The largest absolute Gasteiger partial charge is 0.496 e. The molecule has 2 aromatic carbocycles. The lowest BCUT2D eigenvalue weighted by Gasteiger charge is -2.33. The number of hydrogen-bond acceptors (Lipinski definition) is 11. The van der Waals surface area contributed by atoms with Gasteiger partial charge < -0.3 is 29.2 Å². The number of carbonyl (C=O) groups excluding carboxylic acids is 2. The average molecular weight is 1120 g/mol. The van der Waals surface area contributed by atoms with Crippen molar-refractivity contribution >= 4 is 66.7 Å². The van der Waals surface area contributed by atoms with Crippen molar-refractivity contribution in [1.82, 2.24) is 19.9 Å². The Morgan fingerprint density at radius 3 is 1.58 bits per heavy atom. The van der Waals surface area contributed by atoms with E-state index in [1.54, 1.807) is 26.0 Å². The van der Waals surface area contributed by atoms with Crippen molar-refractivity contribution in [2.24, 2.45) is 0 Å². The summed E-state index contributed by atoms with van der Waals surface area (Å²) >= 11 is 3.52. The van der Waals surface area contributed by atoms with Gasteiger partial charge in [-0.05, 0) is 141 Å². The summed E-state index contributed by atoms with van der Waals surface area (Å²) in [5.41, 5.74) is 8.36. The van der Waals surface area contributed by atoms with E-state index in [2.05, 4.69) is 68.7 Å². The van der Waals surface area contributed by atoms with Crippen LogP contribution < -0.4 is 34.1 Å². The fraction of sp³-hybridized carbons (Fsp3) is 0.482. The minimum atomic E-state index is -1.30. The molecule has 18 heteroatoms. The molecule has 3 aromatic heterocycles. The third-order valence-corrected chi connectivity index (χ3v) is 17.8. The molecule has 1 fully saturated rings. The number of ether oxygens (including phenoxy) is 2. The van der Waals surface area contributed by atoms with Crippen LogP contribution in [0.3, 0.4) is 0 Å². The van der Waals surface area contributed by atoms with Crippen LogP contribution in [-0.4, -0.2) is 110 Å². The van der Waals surface area contributed by atoms with Crippen LogP contribution in [0.2, 0.25) is 0 Å². The van der Waals surface area contributed by atoms with E-state index >= 15 is 0 Å². The number of methoxy groups -OCH3 is 2. The molecule has 0 saturated carbocycles. The molecule has 0 spiro atoms. The van der Waals surface area contributed by atoms with Crippen molar-refractivity contribution in [3.63, 3.8) is 0 Å². The summed E-state index contributed by atoms with van der Waals surface area (Å²) in [6.07, 6.45) is 2.73. The molecular formula is C56H72BrN7O8S2. The molecule has 3 aliphatic rings. The fourth-order valence-electron chi connectivity index (χ4n) is 9.91. The molecule has 74 heavy (non-hydrogen) atoms. The number of fused-ring (bicyclic) bond motifs is 2. The van der Waals surface area contributed by atoms with E-state index in [0.29, 0.717) is 58.2 Å². The quantitative estimate of drug-likeness (QED) is 0.101. The maximum absolute atomic E-state index is 14.0. The highest BCUT2D eigenvalue weighted by Crippen LogP contribution is 2.45. The molecule has 0 bridgehead atoms. The zero-order valence-corrected chi connectivity index (χ0v) is 48.3. The maximum Gasteiger partial charge on any atom is 0.255 e.